The van der Waals surface area contributed by atoms with Gasteiger partial charge in [-0.15, -0.1) is 0 Å². The molecule has 2 rings (SSSR count). The van der Waals surface area contributed by atoms with Crippen LogP contribution in [0.5, 0.6) is 0 Å². The molecule has 2 atom stereocenters. The zero-order valence-corrected chi connectivity index (χ0v) is 15.4. The maximum Gasteiger partial charge on any atom is 0.345 e. The first-order valence-electron chi connectivity index (χ1n) is 9.24. The number of amides is 1. The van der Waals surface area contributed by atoms with Gasteiger partial charge in [0.15, 0.2) is 0 Å². The first kappa shape index (κ1) is 18.7. The highest BCUT2D eigenvalue weighted by Crippen LogP contribution is 2.31. The normalized spacial score (nSPS) is 18.2. The Morgan fingerprint density at radius 2 is 1.92 bits per heavy atom. The Hall–Kier alpha value is -1.65. The Bertz CT molecular complexity index is 591. The third-order valence-electron chi connectivity index (χ3n) is 5.63. The molecule has 1 heterocycles. The molecule has 0 bridgehead atoms. The van der Waals surface area contributed by atoms with Crippen molar-refractivity contribution >= 4 is 5.91 Å². The van der Waals surface area contributed by atoms with E-state index < -0.39 is 0 Å². The monoisotopic (exact) mass is 333 g/mol. The fourth-order valence-corrected chi connectivity index (χ4v) is 3.89. The largest absolute Gasteiger partial charge is 0.353 e. The number of nitrogens with one attached hydrogen (secondary N) is 2. The summed E-state index contributed by atoms with van der Waals surface area (Å²) in [4.78, 5) is 30.3. The second-order valence-electron chi connectivity index (χ2n) is 7.34. The van der Waals surface area contributed by atoms with E-state index in [1.165, 1.54) is 32.1 Å². The van der Waals surface area contributed by atoms with Gasteiger partial charge >= 0.3 is 5.69 Å². The molecule has 2 unspecified atom stereocenters. The quantitative estimate of drug-likeness (QED) is 0.840. The van der Waals surface area contributed by atoms with Gasteiger partial charge in [-0.05, 0) is 44.6 Å². The number of nitrogens with zero attached hydrogens (tertiary/aromatic N) is 1. The maximum absolute atomic E-state index is 12.3. The molecule has 0 aromatic carbocycles. The standard InChI is InChI=1S/C19H31N3O2/c1-12(16-8-6-5-7-9-16)13(2)20-18(23)11-10-17-14(3)21-19(24)22-15(17)4/h12-13,16H,5-11H2,1-4H3,(H,20,23)(H,21,22,24). The van der Waals surface area contributed by atoms with E-state index in [0.29, 0.717) is 24.5 Å². The van der Waals surface area contributed by atoms with E-state index in [1.807, 2.05) is 13.8 Å². The van der Waals surface area contributed by atoms with Crippen LogP contribution in [0.25, 0.3) is 0 Å². The predicted octanol–water partition coefficient (Wildman–Crippen LogP) is 3.04. The third-order valence-corrected chi connectivity index (χ3v) is 5.63. The topological polar surface area (TPSA) is 74.8 Å². The lowest BCUT2D eigenvalue weighted by atomic mass is 9.78. The molecule has 1 fully saturated rings. The van der Waals surface area contributed by atoms with Crippen LogP contribution in [0, 0.1) is 25.7 Å². The van der Waals surface area contributed by atoms with Crippen LogP contribution in [0.1, 0.15) is 69.3 Å². The minimum atomic E-state index is -0.326. The lowest BCUT2D eigenvalue weighted by molar-refractivity contribution is -0.122. The first-order valence-corrected chi connectivity index (χ1v) is 9.24. The van der Waals surface area contributed by atoms with Gasteiger partial charge in [-0.1, -0.05) is 39.0 Å². The summed E-state index contributed by atoms with van der Waals surface area (Å²) in [7, 11) is 0. The lowest BCUT2D eigenvalue weighted by Gasteiger charge is -2.32. The second kappa shape index (κ2) is 8.45. The molecule has 2 N–H and O–H groups in total. The highest BCUT2D eigenvalue weighted by atomic mass is 16.1. The number of hydrogen-bond donors (Lipinski definition) is 2. The van der Waals surface area contributed by atoms with Gasteiger partial charge in [0.25, 0.3) is 0 Å². The van der Waals surface area contributed by atoms with Crippen molar-refractivity contribution in [1.29, 1.82) is 0 Å². The number of carbonyl (C=O) groups is 1. The van der Waals surface area contributed by atoms with Crippen molar-refractivity contribution in [3.05, 3.63) is 27.4 Å². The van der Waals surface area contributed by atoms with Gasteiger partial charge in [-0.3, -0.25) is 4.79 Å². The van der Waals surface area contributed by atoms with Gasteiger partial charge in [0.1, 0.15) is 0 Å². The summed E-state index contributed by atoms with van der Waals surface area (Å²) in [6, 6.07) is 0.205. The van der Waals surface area contributed by atoms with E-state index in [-0.39, 0.29) is 17.6 Å². The van der Waals surface area contributed by atoms with E-state index in [2.05, 4.69) is 29.1 Å². The van der Waals surface area contributed by atoms with Gasteiger partial charge in [0.05, 0.1) is 0 Å². The number of carbonyl (C=O) groups excluding carboxylic acids is 1. The molecule has 134 valence electrons. The van der Waals surface area contributed by atoms with Crippen LogP contribution in [0.2, 0.25) is 0 Å². The second-order valence-corrected chi connectivity index (χ2v) is 7.34. The van der Waals surface area contributed by atoms with Crippen LogP contribution in [0.4, 0.5) is 0 Å². The maximum atomic E-state index is 12.3. The van der Waals surface area contributed by atoms with Crippen molar-refractivity contribution in [3.63, 3.8) is 0 Å². The minimum absolute atomic E-state index is 0.0789. The van der Waals surface area contributed by atoms with Crippen molar-refractivity contribution in [2.75, 3.05) is 0 Å². The van der Waals surface area contributed by atoms with Crippen LogP contribution < -0.4 is 11.0 Å². The fourth-order valence-electron chi connectivity index (χ4n) is 3.89. The summed E-state index contributed by atoms with van der Waals surface area (Å²) in [5, 5.41) is 3.17. The van der Waals surface area contributed by atoms with Crippen molar-refractivity contribution in [1.82, 2.24) is 15.3 Å². The molecule has 1 aromatic rings. The van der Waals surface area contributed by atoms with Gasteiger partial charge in [-0.2, -0.15) is 4.98 Å². The van der Waals surface area contributed by atoms with Crippen molar-refractivity contribution in [2.45, 2.75) is 78.7 Å². The number of aromatic amines is 1. The molecule has 0 aliphatic heterocycles. The summed E-state index contributed by atoms with van der Waals surface area (Å²) in [5.74, 6) is 1.34. The van der Waals surface area contributed by atoms with E-state index in [1.54, 1.807) is 0 Å². The molecular formula is C19H31N3O2. The number of rotatable bonds is 6. The summed E-state index contributed by atoms with van der Waals surface area (Å²) in [6.07, 6.45) is 7.64. The molecule has 5 heteroatoms. The van der Waals surface area contributed by atoms with Gasteiger partial charge in [-0.25, -0.2) is 4.79 Å². The smallest absolute Gasteiger partial charge is 0.345 e. The average Bonchev–Trinajstić information content (AvgIpc) is 2.53. The number of H-pyrrole nitrogens is 1. The molecule has 0 saturated heterocycles. The average molecular weight is 333 g/mol. The number of hydrogen-bond acceptors (Lipinski definition) is 3. The predicted molar refractivity (Wildman–Crippen MR) is 96.0 cm³/mol. The summed E-state index contributed by atoms with van der Waals surface area (Å²) < 4.78 is 0. The molecule has 0 radical (unpaired) electrons. The minimum Gasteiger partial charge on any atom is -0.353 e. The highest BCUT2D eigenvalue weighted by Gasteiger charge is 2.25. The molecule has 1 saturated carbocycles. The Labute approximate surface area is 144 Å². The third kappa shape index (κ3) is 4.92. The number of aromatic nitrogens is 2. The lowest BCUT2D eigenvalue weighted by Crippen LogP contribution is -2.40. The summed E-state index contributed by atoms with van der Waals surface area (Å²) in [5.41, 5.74) is 2.17. The zero-order chi connectivity index (χ0) is 17.7. The van der Waals surface area contributed by atoms with E-state index in [9.17, 15) is 9.59 Å². The molecule has 24 heavy (non-hydrogen) atoms. The first-order chi connectivity index (χ1) is 11.4. The molecular weight excluding hydrogens is 302 g/mol. The van der Waals surface area contributed by atoms with Gasteiger partial charge in [0.2, 0.25) is 5.91 Å². The fraction of sp³-hybridized carbons (Fsp3) is 0.737. The Morgan fingerprint density at radius 1 is 1.25 bits per heavy atom. The van der Waals surface area contributed by atoms with Crippen molar-refractivity contribution in [2.24, 2.45) is 11.8 Å². The molecule has 1 aromatic heterocycles. The molecule has 1 aliphatic carbocycles. The summed E-state index contributed by atoms with van der Waals surface area (Å²) in [6.45, 7) is 8.07. The Kier molecular flexibility index (Phi) is 6.58. The number of aryl methyl sites for hydroxylation is 2. The van der Waals surface area contributed by atoms with Crippen LogP contribution in [0.15, 0.2) is 4.79 Å². The van der Waals surface area contributed by atoms with E-state index in [4.69, 9.17) is 0 Å². The highest BCUT2D eigenvalue weighted by molar-refractivity contribution is 5.76. The van der Waals surface area contributed by atoms with Crippen molar-refractivity contribution < 1.29 is 4.79 Å². The zero-order valence-electron chi connectivity index (χ0n) is 15.4. The van der Waals surface area contributed by atoms with Crippen LogP contribution in [-0.4, -0.2) is 21.9 Å². The molecule has 1 amide bonds. The SMILES string of the molecule is Cc1nc(=O)[nH]c(C)c1CCC(=O)NC(C)C(C)C1CCCCC1. The van der Waals surface area contributed by atoms with Gasteiger partial charge < -0.3 is 10.3 Å². The summed E-state index contributed by atoms with van der Waals surface area (Å²) >= 11 is 0. The van der Waals surface area contributed by atoms with Crippen LogP contribution >= 0.6 is 0 Å². The Morgan fingerprint density at radius 3 is 2.54 bits per heavy atom. The van der Waals surface area contributed by atoms with Crippen LogP contribution in [-0.2, 0) is 11.2 Å². The molecule has 5 nitrogen and oxygen atoms in total. The van der Waals surface area contributed by atoms with E-state index in [0.717, 1.165) is 17.2 Å². The Balaban J connectivity index is 1.85. The van der Waals surface area contributed by atoms with Crippen LogP contribution in [0.3, 0.4) is 0 Å². The molecule has 1 aliphatic rings. The molecule has 0 spiro atoms. The van der Waals surface area contributed by atoms with E-state index >= 15 is 0 Å². The van der Waals surface area contributed by atoms with Crippen molar-refractivity contribution in [3.8, 4) is 0 Å². The van der Waals surface area contributed by atoms with Gasteiger partial charge in [0, 0.05) is 23.9 Å².